The summed E-state index contributed by atoms with van der Waals surface area (Å²) in [6.45, 7) is 1.77. The molecule has 0 aliphatic carbocycles. The van der Waals surface area contributed by atoms with Crippen LogP contribution >= 0.6 is 0 Å². The van der Waals surface area contributed by atoms with Crippen LogP contribution in [0.25, 0.3) is 11.1 Å². The molecular formula is C15H12F3NO. The van der Waals surface area contributed by atoms with Gasteiger partial charge in [-0.3, -0.25) is 4.79 Å². The van der Waals surface area contributed by atoms with Crippen LogP contribution in [0, 0.1) is 17.5 Å². The van der Waals surface area contributed by atoms with Gasteiger partial charge in [0.15, 0.2) is 11.6 Å². The highest BCUT2D eigenvalue weighted by molar-refractivity contribution is 5.65. The molecule has 104 valence electrons. The molecule has 2 aromatic carbocycles. The maximum atomic E-state index is 13.7. The topological polar surface area (TPSA) is 29.1 Å². The zero-order chi connectivity index (χ0) is 14.7. The van der Waals surface area contributed by atoms with Crippen LogP contribution in [0.5, 0.6) is 0 Å². The lowest BCUT2D eigenvalue weighted by Crippen LogP contribution is -2.15. The molecule has 0 bridgehead atoms. The predicted octanol–water partition coefficient (Wildman–Crippen LogP) is 3.58. The van der Waals surface area contributed by atoms with Crippen LogP contribution in [0.1, 0.15) is 18.5 Å². The smallest absolute Gasteiger partial charge is 0.207 e. The third-order valence-electron chi connectivity index (χ3n) is 3.06. The Morgan fingerprint density at radius 1 is 1.00 bits per heavy atom. The van der Waals surface area contributed by atoms with Crippen LogP contribution in [-0.4, -0.2) is 6.41 Å². The lowest BCUT2D eigenvalue weighted by molar-refractivity contribution is -0.110. The van der Waals surface area contributed by atoms with E-state index in [-0.39, 0.29) is 11.6 Å². The molecule has 0 aromatic heterocycles. The van der Waals surface area contributed by atoms with E-state index in [1.54, 1.807) is 19.1 Å². The van der Waals surface area contributed by atoms with Crippen molar-refractivity contribution in [3.05, 3.63) is 59.4 Å². The Kier molecular flexibility index (Phi) is 4.08. The molecule has 0 spiro atoms. The number of amides is 1. The maximum absolute atomic E-state index is 13.7. The van der Waals surface area contributed by atoms with Crippen molar-refractivity contribution in [3.8, 4) is 11.1 Å². The standard InChI is InChI=1S/C15H12F3NO/c1-9(19-8-20)10-2-4-11(5-3-10)14-12(16)6-7-13(17)15(14)18/h2-9H,1H3,(H,19,20). The second kappa shape index (κ2) is 5.77. The van der Waals surface area contributed by atoms with E-state index >= 15 is 0 Å². The molecule has 0 fully saturated rings. The molecule has 2 nitrogen and oxygen atoms in total. The number of hydrogen-bond acceptors (Lipinski definition) is 1. The second-order valence-electron chi connectivity index (χ2n) is 4.35. The number of nitrogens with one attached hydrogen (secondary N) is 1. The van der Waals surface area contributed by atoms with Crippen molar-refractivity contribution in [2.75, 3.05) is 0 Å². The first-order valence-electron chi connectivity index (χ1n) is 5.98. The molecule has 20 heavy (non-hydrogen) atoms. The fraction of sp³-hybridized carbons (Fsp3) is 0.133. The molecule has 0 saturated heterocycles. The van der Waals surface area contributed by atoms with Gasteiger partial charge in [-0.2, -0.15) is 0 Å². The molecule has 2 aromatic rings. The Balaban J connectivity index is 2.40. The van der Waals surface area contributed by atoms with Crippen molar-refractivity contribution in [1.29, 1.82) is 0 Å². The monoisotopic (exact) mass is 279 g/mol. The molecule has 1 amide bonds. The molecular weight excluding hydrogens is 267 g/mol. The van der Waals surface area contributed by atoms with Crippen molar-refractivity contribution >= 4 is 6.41 Å². The van der Waals surface area contributed by atoms with Gasteiger partial charge in [-0.1, -0.05) is 24.3 Å². The summed E-state index contributed by atoms with van der Waals surface area (Å²) in [5.74, 6) is -3.13. The van der Waals surface area contributed by atoms with E-state index < -0.39 is 23.0 Å². The number of carbonyl (C=O) groups excluding carboxylic acids is 1. The van der Waals surface area contributed by atoms with Gasteiger partial charge in [0, 0.05) is 0 Å². The summed E-state index contributed by atoms with van der Waals surface area (Å²) in [6.07, 6.45) is 0.574. The van der Waals surface area contributed by atoms with Crippen molar-refractivity contribution < 1.29 is 18.0 Å². The highest BCUT2D eigenvalue weighted by Gasteiger charge is 2.15. The fourth-order valence-corrected chi connectivity index (χ4v) is 1.93. The molecule has 0 radical (unpaired) electrons. The molecule has 1 unspecified atom stereocenters. The summed E-state index contributed by atoms with van der Waals surface area (Å²) in [5, 5.41) is 2.56. The lowest BCUT2D eigenvalue weighted by Gasteiger charge is -2.12. The van der Waals surface area contributed by atoms with Crippen LogP contribution in [-0.2, 0) is 4.79 Å². The number of benzene rings is 2. The number of hydrogen-bond donors (Lipinski definition) is 1. The third kappa shape index (κ3) is 2.66. The van der Waals surface area contributed by atoms with Crippen molar-refractivity contribution in [1.82, 2.24) is 5.32 Å². The Morgan fingerprint density at radius 2 is 1.60 bits per heavy atom. The van der Waals surface area contributed by atoms with Crippen LogP contribution < -0.4 is 5.32 Å². The van der Waals surface area contributed by atoms with E-state index in [1.807, 2.05) is 0 Å². The second-order valence-corrected chi connectivity index (χ2v) is 4.35. The molecule has 2 rings (SSSR count). The van der Waals surface area contributed by atoms with Gasteiger partial charge in [-0.15, -0.1) is 0 Å². The van der Waals surface area contributed by atoms with Gasteiger partial charge >= 0.3 is 0 Å². The average Bonchev–Trinajstić information content (AvgIpc) is 2.44. The van der Waals surface area contributed by atoms with Crippen molar-refractivity contribution in [2.45, 2.75) is 13.0 Å². The van der Waals surface area contributed by atoms with Gasteiger partial charge in [-0.25, -0.2) is 13.2 Å². The zero-order valence-electron chi connectivity index (χ0n) is 10.7. The summed E-state index contributed by atoms with van der Waals surface area (Å²) in [5.41, 5.74) is 0.618. The predicted molar refractivity (Wildman–Crippen MR) is 69.4 cm³/mol. The maximum Gasteiger partial charge on any atom is 0.207 e. The molecule has 1 atom stereocenters. The Bertz CT molecular complexity index is 626. The lowest BCUT2D eigenvalue weighted by atomic mass is 10.0. The quantitative estimate of drug-likeness (QED) is 0.672. The molecule has 0 heterocycles. The van der Waals surface area contributed by atoms with E-state index in [9.17, 15) is 18.0 Å². The van der Waals surface area contributed by atoms with Crippen LogP contribution in [0.4, 0.5) is 13.2 Å². The summed E-state index contributed by atoms with van der Waals surface area (Å²) in [4.78, 5) is 10.4. The van der Waals surface area contributed by atoms with Crippen LogP contribution in [0.3, 0.4) is 0 Å². The van der Waals surface area contributed by atoms with Crippen molar-refractivity contribution in [2.24, 2.45) is 0 Å². The number of rotatable bonds is 4. The zero-order valence-corrected chi connectivity index (χ0v) is 10.7. The molecule has 1 N–H and O–H groups in total. The SMILES string of the molecule is CC(NC=O)c1ccc(-c2c(F)ccc(F)c2F)cc1. The van der Waals surface area contributed by atoms with Gasteiger partial charge in [-0.05, 0) is 30.2 Å². The summed E-state index contributed by atoms with van der Waals surface area (Å²) in [6, 6.07) is 7.64. The first-order chi connectivity index (χ1) is 9.54. The minimum Gasteiger partial charge on any atom is -0.352 e. The first-order valence-corrected chi connectivity index (χ1v) is 5.98. The van der Waals surface area contributed by atoms with E-state index in [0.29, 0.717) is 6.41 Å². The van der Waals surface area contributed by atoms with E-state index in [2.05, 4.69) is 5.32 Å². The summed E-state index contributed by atoms with van der Waals surface area (Å²) in [7, 11) is 0. The minimum absolute atomic E-state index is 0.219. The van der Waals surface area contributed by atoms with Crippen LogP contribution in [0.2, 0.25) is 0 Å². The Labute approximate surface area is 114 Å². The fourth-order valence-electron chi connectivity index (χ4n) is 1.93. The largest absolute Gasteiger partial charge is 0.352 e. The van der Waals surface area contributed by atoms with Crippen molar-refractivity contribution in [3.63, 3.8) is 0 Å². The third-order valence-corrected chi connectivity index (χ3v) is 3.06. The van der Waals surface area contributed by atoms with E-state index in [0.717, 1.165) is 17.7 Å². The van der Waals surface area contributed by atoms with Gasteiger partial charge < -0.3 is 5.32 Å². The first kappa shape index (κ1) is 14.1. The van der Waals surface area contributed by atoms with E-state index in [4.69, 9.17) is 0 Å². The van der Waals surface area contributed by atoms with Crippen LogP contribution in [0.15, 0.2) is 36.4 Å². The summed E-state index contributed by atoms with van der Waals surface area (Å²) < 4.78 is 40.4. The van der Waals surface area contributed by atoms with Gasteiger partial charge in [0.2, 0.25) is 6.41 Å². The summed E-state index contributed by atoms with van der Waals surface area (Å²) >= 11 is 0. The van der Waals surface area contributed by atoms with Gasteiger partial charge in [0.1, 0.15) is 5.82 Å². The molecule has 0 aliphatic rings. The molecule has 0 aliphatic heterocycles. The number of carbonyl (C=O) groups is 1. The minimum atomic E-state index is -1.21. The molecule has 0 saturated carbocycles. The van der Waals surface area contributed by atoms with E-state index in [1.165, 1.54) is 12.1 Å². The Hall–Kier alpha value is -2.30. The van der Waals surface area contributed by atoms with Gasteiger partial charge in [0.05, 0.1) is 11.6 Å². The molecule has 5 heteroatoms. The average molecular weight is 279 g/mol. The highest BCUT2D eigenvalue weighted by atomic mass is 19.2. The van der Waals surface area contributed by atoms with Gasteiger partial charge in [0.25, 0.3) is 0 Å². The normalized spacial score (nSPS) is 12.0. The Morgan fingerprint density at radius 3 is 2.20 bits per heavy atom. The highest BCUT2D eigenvalue weighted by Crippen LogP contribution is 2.28. The number of halogens is 3.